The van der Waals surface area contributed by atoms with Crippen LogP contribution in [0.15, 0.2) is 12.1 Å². The van der Waals surface area contributed by atoms with Crippen molar-refractivity contribution in [3.63, 3.8) is 0 Å². The lowest BCUT2D eigenvalue weighted by molar-refractivity contribution is 0.518. The molecule has 0 spiro atoms. The van der Waals surface area contributed by atoms with Gasteiger partial charge in [-0.25, -0.2) is 9.37 Å². The molecule has 0 amide bonds. The molecule has 0 saturated carbocycles. The number of aryl methyl sites for hydroxylation is 2. The molecular formula is C14H18ClFN2. The molecule has 0 saturated heterocycles. The average Bonchev–Trinajstić information content (AvgIpc) is 2.58. The van der Waals surface area contributed by atoms with Gasteiger partial charge in [-0.1, -0.05) is 13.8 Å². The van der Waals surface area contributed by atoms with Crippen LogP contribution in [0.4, 0.5) is 4.39 Å². The van der Waals surface area contributed by atoms with Crippen molar-refractivity contribution in [2.75, 3.05) is 5.88 Å². The lowest BCUT2D eigenvalue weighted by atomic mass is 10.2. The third kappa shape index (κ3) is 2.51. The smallest absolute Gasteiger partial charge is 0.128 e. The fourth-order valence-electron chi connectivity index (χ4n) is 2.14. The molecule has 2 rings (SSSR count). The first-order valence-corrected chi connectivity index (χ1v) is 6.77. The summed E-state index contributed by atoms with van der Waals surface area (Å²) in [7, 11) is 0. The molecule has 0 aliphatic heterocycles. The first-order valence-electron chi connectivity index (χ1n) is 6.24. The van der Waals surface area contributed by atoms with Gasteiger partial charge in [-0.3, -0.25) is 0 Å². The van der Waals surface area contributed by atoms with E-state index in [1.807, 2.05) is 6.07 Å². The van der Waals surface area contributed by atoms with E-state index < -0.39 is 0 Å². The van der Waals surface area contributed by atoms with Gasteiger partial charge in [-0.05, 0) is 24.5 Å². The monoisotopic (exact) mass is 268 g/mol. The number of hydrogen-bond donors (Lipinski definition) is 0. The zero-order valence-corrected chi connectivity index (χ0v) is 11.8. The predicted octanol–water partition coefficient (Wildman–Crippen LogP) is 3.92. The van der Waals surface area contributed by atoms with Crippen LogP contribution in [0, 0.1) is 18.7 Å². The first-order chi connectivity index (χ1) is 8.52. The van der Waals surface area contributed by atoms with Gasteiger partial charge < -0.3 is 4.57 Å². The Morgan fingerprint density at radius 3 is 2.72 bits per heavy atom. The van der Waals surface area contributed by atoms with E-state index in [1.54, 1.807) is 6.92 Å². The lowest BCUT2D eigenvalue weighted by Gasteiger charge is -2.11. The highest BCUT2D eigenvalue weighted by molar-refractivity contribution is 6.17. The van der Waals surface area contributed by atoms with E-state index >= 15 is 0 Å². The van der Waals surface area contributed by atoms with Crippen LogP contribution in [-0.2, 0) is 13.0 Å². The fraction of sp³-hybridized carbons (Fsp3) is 0.500. The SMILES string of the molecule is Cc1cc2c(cc1F)nc(CCCl)n2CC(C)C. The normalized spacial score (nSPS) is 11.7. The molecule has 2 nitrogen and oxygen atoms in total. The molecular weight excluding hydrogens is 251 g/mol. The minimum Gasteiger partial charge on any atom is -0.328 e. The molecule has 4 heteroatoms. The van der Waals surface area contributed by atoms with E-state index in [1.165, 1.54) is 6.07 Å². The highest BCUT2D eigenvalue weighted by Gasteiger charge is 2.13. The van der Waals surface area contributed by atoms with Crippen molar-refractivity contribution < 1.29 is 4.39 Å². The van der Waals surface area contributed by atoms with Crippen LogP contribution >= 0.6 is 11.6 Å². The highest BCUT2D eigenvalue weighted by atomic mass is 35.5. The number of benzene rings is 1. The van der Waals surface area contributed by atoms with Gasteiger partial charge in [-0.2, -0.15) is 0 Å². The maximum absolute atomic E-state index is 13.6. The van der Waals surface area contributed by atoms with E-state index in [0.717, 1.165) is 23.4 Å². The molecule has 0 fully saturated rings. The fourth-order valence-corrected chi connectivity index (χ4v) is 2.31. The quantitative estimate of drug-likeness (QED) is 0.769. The molecule has 0 aliphatic carbocycles. The van der Waals surface area contributed by atoms with E-state index in [2.05, 4.69) is 23.4 Å². The zero-order chi connectivity index (χ0) is 13.3. The third-order valence-electron chi connectivity index (χ3n) is 2.97. The highest BCUT2D eigenvalue weighted by Crippen LogP contribution is 2.22. The van der Waals surface area contributed by atoms with Gasteiger partial charge in [0.1, 0.15) is 11.6 Å². The Labute approximate surface area is 112 Å². The number of aromatic nitrogens is 2. The Bertz CT molecular complexity index is 560. The van der Waals surface area contributed by atoms with Crippen molar-refractivity contribution in [2.45, 2.75) is 33.7 Å². The summed E-state index contributed by atoms with van der Waals surface area (Å²) in [5.74, 6) is 1.79. The summed E-state index contributed by atoms with van der Waals surface area (Å²) in [5, 5.41) is 0. The van der Waals surface area contributed by atoms with Crippen LogP contribution < -0.4 is 0 Å². The van der Waals surface area contributed by atoms with Crippen molar-refractivity contribution >= 4 is 22.6 Å². The van der Waals surface area contributed by atoms with Gasteiger partial charge in [-0.15, -0.1) is 11.6 Å². The maximum Gasteiger partial charge on any atom is 0.128 e. The predicted molar refractivity (Wildman–Crippen MR) is 73.7 cm³/mol. The molecule has 2 aromatic rings. The number of rotatable bonds is 4. The van der Waals surface area contributed by atoms with E-state index in [9.17, 15) is 4.39 Å². The van der Waals surface area contributed by atoms with Gasteiger partial charge in [0.25, 0.3) is 0 Å². The molecule has 1 aromatic heterocycles. The van der Waals surface area contributed by atoms with E-state index in [4.69, 9.17) is 11.6 Å². The average molecular weight is 269 g/mol. The van der Waals surface area contributed by atoms with Gasteiger partial charge in [0.15, 0.2) is 0 Å². The molecule has 1 heterocycles. The van der Waals surface area contributed by atoms with Crippen molar-refractivity contribution in [3.05, 3.63) is 29.3 Å². The second-order valence-corrected chi connectivity index (χ2v) is 5.44. The van der Waals surface area contributed by atoms with Crippen molar-refractivity contribution in [2.24, 2.45) is 5.92 Å². The Morgan fingerprint density at radius 2 is 2.11 bits per heavy atom. The molecule has 0 bridgehead atoms. The van der Waals surface area contributed by atoms with Gasteiger partial charge >= 0.3 is 0 Å². The standard InChI is InChI=1S/C14H18ClFN2/c1-9(2)8-18-13-6-10(3)11(16)7-12(13)17-14(18)4-5-15/h6-7,9H,4-5,8H2,1-3H3. The van der Waals surface area contributed by atoms with Crippen LogP contribution in [0.2, 0.25) is 0 Å². The van der Waals surface area contributed by atoms with Crippen LogP contribution in [0.3, 0.4) is 0 Å². The Balaban J connectivity index is 2.60. The lowest BCUT2D eigenvalue weighted by Crippen LogP contribution is -2.09. The summed E-state index contributed by atoms with van der Waals surface area (Å²) < 4.78 is 15.7. The molecule has 1 aromatic carbocycles. The summed E-state index contributed by atoms with van der Waals surface area (Å²) in [4.78, 5) is 4.50. The largest absolute Gasteiger partial charge is 0.328 e. The summed E-state index contributed by atoms with van der Waals surface area (Å²) in [6.07, 6.45) is 0.712. The molecule has 98 valence electrons. The Hall–Kier alpha value is -1.09. The molecule has 0 aliphatic rings. The molecule has 0 radical (unpaired) electrons. The summed E-state index contributed by atoms with van der Waals surface area (Å²) in [6, 6.07) is 3.39. The third-order valence-corrected chi connectivity index (χ3v) is 3.16. The number of halogens is 2. The summed E-state index contributed by atoms with van der Waals surface area (Å²) in [6.45, 7) is 6.98. The number of nitrogens with zero attached hydrogens (tertiary/aromatic N) is 2. The number of fused-ring (bicyclic) bond motifs is 1. The van der Waals surface area contributed by atoms with Crippen LogP contribution in [0.25, 0.3) is 11.0 Å². The van der Waals surface area contributed by atoms with Gasteiger partial charge in [0.2, 0.25) is 0 Å². The van der Waals surface area contributed by atoms with Gasteiger partial charge in [0, 0.05) is 24.9 Å². The summed E-state index contributed by atoms with van der Waals surface area (Å²) >= 11 is 5.81. The van der Waals surface area contributed by atoms with Crippen molar-refractivity contribution in [3.8, 4) is 0 Å². The Kier molecular flexibility index (Phi) is 3.91. The zero-order valence-electron chi connectivity index (χ0n) is 11.0. The van der Waals surface area contributed by atoms with Crippen LogP contribution in [0.1, 0.15) is 25.2 Å². The molecule has 18 heavy (non-hydrogen) atoms. The van der Waals surface area contributed by atoms with E-state index in [0.29, 0.717) is 23.8 Å². The van der Waals surface area contributed by atoms with Crippen LogP contribution in [-0.4, -0.2) is 15.4 Å². The summed E-state index contributed by atoms with van der Waals surface area (Å²) in [5.41, 5.74) is 2.38. The minimum atomic E-state index is -0.200. The first kappa shape index (κ1) is 13.3. The Morgan fingerprint density at radius 1 is 1.39 bits per heavy atom. The van der Waals surface area contributed by atoms with Crippen LogP contribution in [0.5, 0.6) is 0 Å². The topological polar surface area (TPSA) is 17.8 Å². The second kappa shape index (κ2) is 5.27. The number of alkyl halides is 1. The number of imidazole rings is 1. The van der Waals surface area contributed by atoms with E-state index in [-0.39, 0.29) is 5.82 Å². The number of hydrogen-bond acceptors (Lipinski definition) is 1. The second-order valence-electron chi connectivity index (χ2n) is 5.06. The maximum atomic E-state index is 13.6. The van der Waals surface area contributed by atoms with Crippen molar-refractivity contribution in [1.29, 1.82) is 0 Å². The molecule has 0 unspecified atom stereocenters. The molecule has 0 atom stereocenters. The molecule has 0 N–H and O–H groups in total. The van der Waals surface area contributed by atoms with Crippen molar-refractivity contribution in [1.82, 2.24) is 9.55 Å². The van der Waals surface area contributed by atoms with Gasteiger partial charge in [0.05, 0.1) is 11.0 Å². The minimum absolute atomic E-state index is 0.200.